The van der Waals surface area contributed by atoms with Crippen LogP contribution in [0.4, 0.5) is 4.79 Å². The third-order valence-corrected chi connectivity index (χ3v) is 7.23. The molecular formula is C27H33N4O9P. The molecule has 220 valence electrons. The Labute approximate surface area is 237 Å². The van der Waals surface area contributed by atoms with Crippen LogP contribution in [-0.4, -0.2) is 51.2 Å². The molecule has 13 nitrogen and oxygen atoms in total. The molecule has 1 heterocycles. The quantitative estimate of drug-likeness (QED) is 0.191. The fourth-order valence-electron chi connectivity index (χ4n) is 3.40. The highest BCUT2D eigenvalue weighted by molar-refractivity contribution is 7.55. The molecule has 0 aliphatic carbocycles. The number of ether oxygens (including phenoxy) is 3. The van der Waals surface area contributed by atoms with Crippen molar-refractivity contribution in [2.45, 2.75) is 59.4 Å². The summed E-state index contributed by atoms with van der Waals surface area (Å²) in [5.41, 5.74) is 1.92. The topological polar surface area (TPSA) is 167 Å². The molecule has 3 atom stereocenters. The second-order valence-corrected chi connectivity index (χ2v) is 11.1. The summed E-state index contributed by atoms with van der Waals surface area (Å²) in [4.78, 5) is 35.9. The second kappa shape index (κ2) is 13.9. The van der Waals surface area contributed by atoms with Gasteiger partial charge < -0.3 is 23.8 Å². The average Bonchev–Trinajstić information content (AvgIpc) is 3.27. The Morgan fingerprint density at radius 3 is 2.22 bits per heavy atom. The van der Waals surface area contributed by atoms with E-state index in [4.69, 9.17) is 18.7 Å². The molecule has 0 fully saturated rings. The van der Waals surface area contributed by atoms with Crippen molar-refractivity contribution >= 4 is 25.8 Å². The predicted molar refractivity (Wildman–Crippen MR) is 148 cm³/mol. The zero-order valence-electron chi connectivity index (χ0n) is 23.3. The van der Waals surface area contributed by atoms with Crippen molar-refractivity contribution in [1.29, 1.82) is 0 Å². The number of benzene rings is 2. The first kappa shape index (κ1) is 31.3. The molecule has 2 aromatic carbocycles. The SMILES string of the molecule is Cc1cc(OC(=O)OCc2ccc(OP(=O)(NC(C)C(=O)O)NC(C)C(=O)OC(C)C)cc2)n(-c2ccccc2)n1. The summed E-state index contributed by atoms with van der Waals surface area (Å²) < 4.78 is 36.2. The molecule has 3 rings (SSSR count). The van der Waals surface area contributed by atoms with Gasteiger partial charge in [0.25, 0.3) is 0 Å². The highest BCUT2D eigenvalue weighted by Crippen LogP contribution is 2.40. The zero-order valence-corrected chi connectivity index (χ0v) is 24.2. The molecule has 3 aromatic rings. The van der Waals surface area contributed by atoms with E-state index in [1.807, 2.05) is 30.3 Å². The van der Waals surface area contributed by atoms with Gasteiger partial charge in [0.2, 0.25) is 5.88 Å². The fourth-order valence-corrected chi connectivity index (χ4v) is 5.23. The third kappa shape index (κ3) is 9.45. The van der Waals surface area contributed by atoms with Gasteiger partial charge in [0.15, 0.2) is 0 Å². The van der Waals surface area contributed by atoms with Crippen LogP contribution < -0.4 is 19.4 Å². The Balaban J connectivity index is 1.63. The van der Waals surface area contributed by atoms with Crippen LogP contribution in [0.15, 0.2) is 60.7 Å². The van der Waals surface area contributed by atoms with Gasteiger partial charge in [-0.1, -0.05) is 30.3 Å². The van der Waals surface area contributed by atoms with E-state index in [2.05, 4.69) is 15.3 Å². The van der Waals surface area contributed by atoms with Crippen LogP contribution in [0, 0.1) is 6.92 Å². The molecule has 3 N–H and O–H groups in total. The van der Waals surface area contributed by atoms with Crippen molar-refractivity contribution in [2.75, 3.05) is 0 Å². The number of aromatic nitrogens is 2. The predicted octanol–water partition coefficient (Wildman–Crippen LogP) is 4.38. The van der Waals surface area contributed by atoms with E-state index in [1.54, 1.807) is 39.0 Å². The van der Waals surface area contributed by atoms with E-state index >= 15 is 0 Å². The van der Waals surface area contributed by atoms with Crippen LogP contribution in [-0.2, 0) is 30.2 Å². The lowest BCUT2D eigenvalue weighted by Crippen LogP contribution is -2.43. The minimum Gasteiger partial charge on any atom is -0.480 e. The lowest BCUT2D eigenvalue weighted by atomic mass is 10.2. The Hall–Kier alpha value is -4.19. The van der Waals surface area contributed by atoms with E-state index < -0.39 is 44.0 Å². The lowest BCUT2D eigenvalue weighted by Gasteiger charge is -2.26. The summed E-state index contributed by atoms with van der Waals surface area (Å²) in [7, 11) is -4.11. The van der Waals surface area contributed by atoms with Crippen molar-refractivity contribution in [3.8, 4) is 17.3 Å². The maximum absolute atomic E-state index is 13.5. The molecule has 0 saturated carbocycles. The van der Waals surface area contributed by atoms with E-state index in [0.29, 0.717) is 16.9 Å². The maximum Gasteiger partial charge on any atom is 0.515 e. The fraction of sp³-hybridized carbons (Fsp3) is 0.333. The van der Waals surface area contributed by atoms with Crippen LogP contribution >= 0.6 is 7.67 Å². The number of carboxylic acids is 1. The second-order valence-electron chi connectivity index (χ2n) is 9.32. The van der Waals surface area contributed by atoms with Crippen LogP contribution in [0.5, 0.6) is 11.6 Å². The van der Waals surface area contributed by atoms with Crippen LogP contribution in [0.1, 0.15) is 39.0 Å². The van der Waals surface area contributed by atoms with Crippen molar-refractivity contribution in [3.05, 3.63) is 71.9 Å². The molecule has 0 radical (unpaired) electrons. The number of hydrogen-bond donors (Lipinski definition) is 3. The van der Waals surface area contributed by atoms with Gasteiger partial charge in [-0.05, 0) is 64.4 Å². The zero-order chi connectivity index (χ0) is 30.2. The summed E-state index contributed by atoms with van der Waals surface area (Å²) in [6, 6.07) is 14.5. The average molecular weight is 589 g/mol. The Kier molecular flexibility index (Phi) is 10.6. The number of rotatable bonds is 13. The van der Waals surface area contributed by atoms with Gasteiger partial charge in [-0.25, -0.2) is 24.2 Å². The Morgan fingerprint density at radius 2 is 1.61 bits per heavy atom. The maximum atomic E-state index is 13.5. The number of nitrogens with zero attached hydrogens (tertiary/aromatic N) is 2. The van der Waals surface area contributed by atoms with Gasteiger partial charge in [-0.2, -0.15) is 5.10 Å². The molecule has 0 saturated heterocycles. The number of para-hydroxylation sites is 1. The minimum absolute atomic E-state index is 0.101. The molecule has 41 heavy (non-hydrogen) atoms. The number of carbonyl (C=O) groups is 3. The van der Waals surface area contributed by atoms with E-state index in [-0.39, 0.29) is 18.2 Å². The Bertz CT molecular complexity index is 1390. The lowest BCUT2D eigenvalue weighted by molar-refractivity contribution is -0.149. The van der Waals surface area contributed by atoms with Crippen molar-refractivity contribution in [1.82, 2.24) is 20.0 Å². The van der Waals surface area contributed by atoms with Crippen LogP contribution in [0.3, 0.4) is 0 Å². The highest BCUT2D eigenvalue weighted by atomic mass is 31.2. The first-order valence-electron chi connectivity index (χ1n) is 12.7. The summed E-state index contributed by atoms with van der Waals surface area (Å²) in [5.74, 6) is -1.66. The molecular weight excluding hydrogens is 555 g/mol. The molecule has 0 aliphatic heterocycles. The number of nitrogens with one attached hydrogen (secondary N) is 2. The summed E-state index contributed by atoms with van der Waals surface area (Å²) in [6.45, 7) is 7.66. The summed E-state index contributed by atoms with van der Waals surface area (Å²) in [5, 5.41) is 18.5. The van der Waals surface area contributed by atoms with Crippen molar-refractivity contribution < 1.29 is 42.8 Å². The van der Waals surface area contributed by atoms with E-state index in [0.717, 1.165) is 0 Å². The smallest absolute Gasteiger partial charge is 0.480 e. The minimum atomic E-state index is -4.11. The largest absolute Gasteiger partial charge is 0.515 e. The Morgan fingerprint density at radius 1 is 0.976 bits per heavy atom. The van der Waals surface area contributed by atoms with Gasteiger partial charge in [0, 0.05) is 6.07 Å². The summed E-state index contributed by atoms with van der Waals surface area (Å²) in [6.07, 6.45) is -1.34. The molecule has 0 amide bonds. The van der Waals surface area contributed by atoms with Crippen LogP contribution in [0.25, 0.3) is 5.69 Å². The number of hydrogen-bond acceptors (Lipinski definition) is 9. The van der Waals surface area contributed by atoms with Crippen molar-refractivity contribution in [2.24, 2.45) is 0 Å². The number of carbonyl (C=O) groups excluding carboxylic acids is 2. The van der Waals surface area contributed by atoms with Crippen LogP contribution in [0.2, 0.25) is 0 Å². The first-order valence-corrected chi connectivity index (χ1v) is 14.3. The van der Waals surface area contributed by atoms with Gasteiger partial charge in [-0.3, -0.25) is 9.59 Å². The number of aryl methyl sites for hydroxylation is 1. The third-order valence-electron chi connectivity index (χ3n) is 5.30. The van der Waals surface area contributed by atoms with Gasteiger partial charge in [0.05, 0.1) is 17.5 Å². The molecule has 14 heteroatoms. The standard InChI is InChI=1S/C27H33N4O9P/c1-17(2)38-26(34)20(5)30-41(36,29-19(4)25(32)33)40-23-13-11-21(12-14-23)16-37-27(35)39-24-15-18(3)28-31(24)22-9-7-6-8-10-22/h6-15,17,19-20H,16H2,1-5H3,(H,32,33)(H2,29,30,36). The molecule has 1 aromatic heterocycles. The molecule has 0 aliphatic rings. The van der Waals surface area contributed by atoms with E-state index in [9.17, 15) is 24.1 Å². The van der Waals surface area contributed by atoms with Gasteiger partial charge >= 0.3 is 25.8 Å². The normalized spacial score (nSPS) is 14.0. The first-order chi connectivity index (χ1) is 19.3. The molecule has 0 spiro atoms. The monoisotopic (exact) mass is 588 g/mol. The molecule has 0 bridgehead atoms. The van der Waals surface area contributed by atoms with Gasteiger partial charge in [-0.15, -0.1) is 0 Å². The number of esters is 1. The molecule has 3 unspecified atom stereocenters. The van der Waals surface area contributed by atoms with Gasteiger partial charge in [0.1, 0.15) is 24.4 Å². The number of carboxylic acid groups (broad SMARTS) is 1. The van der Waals surface area contributed by atoms with E-state index in [1.165, 1.54) is 30.7 Å². The van der Waals surface area contributed by atoms with Crippen molar-refractivity contribution in [3.63, 3.8) is 0 Å². The highest BCUT2D eigenvalue weighted by Gasteiger charge is 2.34. The summed E-state index contributed by atoms with van der Waals surface area (Å²) >= 11 is 0. The number of aliphatic carboxylic acids is 1.